The van der Waals surface area contributed by atoms with Gasteiger partial charge in [0.1, 0.15) is 0 Å². The Hall–Kier alpha value is -1.32. The molecule has 0 aliphatic rings. The molecule has 1 heterocycles. The molecule has 2 aromatic rings. The average Bonchev–Trinajstić information content (AvgIpc) is 2.71. The van der Waals surface area contributed by atoms with Crippen molar-refractivity contribution in [1.29, 1.82) is 0 Å². The number of hydrogen-bond acceptors (Lipinski definition) is 2. The summed E-state index contributed by atoms with van der Waals surface area (Å²) in [6, 6.07) is 7.59. The second kappa shape index (κ2) is 5.12. The van der Waals surface area contributed by atoms with Crippen molar-refractivity contribution in [3.63, 3.8) is 0 Å². The summed E-state index contributed by atoms with van der Waals surface area (Å²) in [5.74, 6) is 0.0318. The Bertz CT molecular complexity index is 572. The van der Waals surface area contributed by atoms with Crippen LogP contribution in [0.5, 0.6) is 0 Å². The minimum Gasteiger partial charge on any atom is -0.345 e. The number of halogens is 1. The van der Waals surface area contributed by atoms with E-state index < -0.39 is 0 Å². The maximum absolute atomic E-state index is 12.1. The van der Waals surface area contributed by atoms with E-state index in [1.165, 1.54) is 0 Å². The fourth-order valence-electron chi connectivity index (χ4n) is 1.83. The first kappa shape index (κ1) is 13.1. The number of rotatable bonds is 2. The van der Waals surface area contributed by atoms with Crippen LogP contribution in [-0.2, 0) is 0 Å². The Morgan fingerprint density at radius 2 is 1.83 bits per heavy atom. The van der Waals surface area contributed by atoms with Crippen LogP contribution in [0.1, 0.15) is 15.2 Å². The van der Waals surface area contributed by atoms with E-state index in [0.29, 0.717) is 5.02 Å². The highest BCUT2D eigenvalue weighted by molar-refractivity contribution is 7.10. The van der Waals surface area contributed by atoms with Gasteiger partial charge in [-0.05, 0) is 24.6 Å². The Labute approximate surface area is 116 Å². The van der Waals surface area contributed by atoms with Crippen LogP contribution in [0, 0.1) is 6.92 Å². The number of carbonyl (C=O) groups excluding carboxylic acids is 1. The maximum Gasteiger partial charge on any atom is 0.254 e. The van der Waals surface area contributed by atoms with E-state index >= 15 is 0 Å². The number of thiophene rings is 1. The Balaban J connectivity index is 2.53. The molecule has 0 spiro atoms. The van der Waals surface area contributed by atoms with E-state index in [2.05, 4.69) is 0 Å². The van der Waals surface area contributed by atoms with Gasteiger partial charge in [-0.25, -0.2) is 0 Å². The second-order valence-corrected chi connectivity index (χ2v) is 5.81. The van der Waals surface area contributed by atoms with Gasteiger partial charge in [-0.1, -0.05) is 23.7 Å². The molecule has 18 heavy (non-hydrogen) atoms. The SMILES string of the molecule is Cc1scc(C(=O)N(C)C)c1-c1ccc(Cl)cc1. The summed E-state index contributed by atoms with van der Waals surface area (Å²) in [7, 11) is 3.53. The summed E-state index contributed by atoms with van der Waals surface area (Å²) >= 11 is 7.49. The van der Waals surface area contributed by atoms with Crippen molar-refractivity contribution in [1.82, 2.24) is 4.90 Å². The number of amides is 1. The van der Waals surface area contributed by atoms with E-state index in [0.717, 1.165) is 21.6 Å². The third-order valence-electron chi connectivity index (χ3n) is 2.74. The van der Waals surface area contributed by atoms with Gasteiger partial charge in [0.15, 0.2) is 0 Å². The summed E-state index contributed by atoms with van der Waals surface area (Å²) in [6.07, 6.45) is 0. The topological polar surface area (TPSA) is 20.3 Å². The fraction of sp³-hybridized carbons (Fsp3) is 0.214. The maximum atomic E-state index is 12.1. The number of carbonyl (C=O) groups is 1. The molecule has 2 rings (SSSR count). The lowest BCUT2D eigenvalue weighted by Gasteiger charge is -2.11. The summed E-state index contributed by atoms with van der Waals surface area (Å²) < 4.78 is 0. The Kier molecular flexibility index (Phi) is 3.73. The molecule has 0 fully saturated rings. The van der Waals surface area contributed by atoms with Gasteiger partial charge < -0.3 is 4.90 Å². The van der Waals surface area contributed by atoms with Gasteiger partial charge in [0.2, 0.25) is 0 Å². The Morgan fingerprint density at radius 1 is 1.22 bits per heavy atom. The van der Waals surface area contributed by atoms with Crippen LogP contribution < -0.4 is 0 Å². The van der Waals surface area contributed by atoms with Crippen molar-refractivity contribution in [2.45, 2.75) is 6.92 Å². The van der Waals surface area contributed by atoms with Crippen molar-refractivity contribution >= 4 is 28.8 Å². The van der Waals surface area contributed by atoms with Crippen molar-refractivity contribution in [3.05, 3.63) is 45.1 Å². The van der Waals surface area contributed by atoms with Gasteiger partial charge in [0.25, 0.3) is 5.91 Å². The summed E-state index contributed by atoms with van der Waals surface area (Å²) in [6.45, 7) is 2.03. The lowest BCUT2D eigenvalue weighted by atomic mass is 10.0. The molecule has 0 atom stereocenters. The molecule has 0 unspecified atom stereocenters. The monoisotopic (exact) mass is 279 g/mol. The number of nitrogens with zero attached hydrogens (tertiary/aromatic N) is 1. The third-order valence-corrected chi connectivity index (χ3v) is 3.91. The minimum atomic E-state index is 0.0318. The highest BCUT2D eigenvalue weighted by atomic mass is 35.5. The smallest absolute Gasteiger partial charge is 0.254 e. The third kappa shape index (κ3) is 2.42. The van der Waals surface area contributed by atoms with Crippen LogP contribution >= 0.6 is 22.9 Å². The summed E-state index contributed by atoms with van der Waals surface area (Å²) in [4.78, 5) is 14.9. The summed E-state index contributed by atoms with van der Waals surface area (Å²) in [5.41, 5.74) is 2.79. The van der Waals surface area contributed by atoms with Gasteiger partial charge in [-0.3, -0.25) is 4.79 Å². The largest absolute Gasteiger partial charge is 0.345 e. The Morgan fingerprint density at radius 3 is 2.39 bits per heavy atom. The van der Waals surface area contributed by atoms with E-state index in [4.69, 9.17) is 11.6 Å². The molecular weight excluding hydrogens is 266 g/mol. The van der Waals surface area contributed by atoms with Crippen LogP contribution in [0.25, 0.3) is 11.1 Å². The van der Waals surface area contributed by atoms with Crippen molar-refractivity contribution in [3.8, 4) is 11.1 Å². The molecule has 0 bridgehead atoms. The highest BCUT2D eigenvalue weighted by Crippen LogP contribution is 2.33. The quantitative estimate of drug-likeness (QED) is 0.811. The summed E-state index contributed by atoms with van der Waals surface area (Å²) in [5, 5.41) is 2.62. The van der Waals surface area contributed by atoms with Gasteiger partial charge >= 0.3 is 0 Å². The van der Waals surface area contributed by atoms with E-state index in [-0.39, 0.29) is 5.91 Å². The molecule has 1 amide bonds. The van der Waals surface area contributed by atoms with Crippen LogP contribution in [-0.4, -0.2) is 24.9 Å². The minimum absolute atomic E-state index is 0.0318. The zero-order valence-corrected chi connectivity index (χ0v) is 12.1. The first-order valence-electron chi connectivity index (χ1n) is 5.56. The first-order chi connectivity index (χ1) is 8.50. The van der Waals surface area contributed by atoms with E-state index in [9.17, 15) is 4.79 Å². The molecule has 1 aromatic heterocycles. The van der Waals surface area contributed by atoms with Gasteiger partial charge in [-0.2, -0.15) is 0 Å². The van der Waals surface area contributed by atoms with Crippen molar-refractivity contribution in [2.24, 2.45) is 0 Å². The lowest BCUT2D eigenvalue weighted by Crippen LogP contribution is -2.21. The zero-order chi connectivity index (χ0) is 13.3. The highest BCUT2D eigenvalue weighted by Gasteiger charge is 2.18. The molecule has 94 valence electrons. The standard InChI is InChI=1S/C14H14ClNOS/c1-9-13(10-4-6-11(15)7-5-10)12(8-18-9)14(17)16(2)3/h4-8H,1-3H3. The zero-order valence-electron chi connectivity index (χ0n) is 10.5. The number of benzene rings is 1. The molecule has 0 radical (unpaired) electrons. The molecule has 2 nitrogen and oxygen atoms in total. The molecule has 0 saturated heterocycles. The predicted molar refractivity (Wildman–Crippen MR) is 77.5 cm³/mol. The second-order valence-electron chi connectivity index (χ2n) is 4.29. The molecular formula is C14H14ClNOS. The average molecular weight is 280 g/mol. The fourth-order valence-corrected chi connectivity index (χ4v) is 2.81. The molecule has 0 aliphatic carbocycles. The number of hydrogen-bond donors (Lipinski definition) is 0. The molecule has 0 saturated carbocycles. The van der Waals surface area contributed by atoms with E-state index in [1.807, 2.05) is 36.6 Å². The van der Waals surface area contributed by atoms with Gasteiger partial charge in [-0.15, -0.1) is 11.3 Å². The van der Waals surface area contributed by atoms with Crippen LogP contribution in [0.2, 0.25) is 5.02 Å². The normalized spacial score (nSPS) is 10.4. The van der Waals surface area contributed by atoms with Crippen LogP contribution in [0.15, 0.2) is 29.6 Å². The van der Waals surface area contributed by atoms with Crippen LogP contribution in [0.3, 0.4) is 0 Å². The van der Waals surface area contributed by atoms with Gasteiger partial charge in [0, 0.05) is 34.9 Å². The lowest BCUT2D eigenvalue weighted by molar-refractivity contribution is 0.0829. The molecule has 4 heteroatoms. The molecule has 1 aromatic carbocycles. The van der Waals surface area contributed by atoms with Crippen LogP contribution in [0.4, 0.5) is 0 Å². The molecule has 0 aliphatic heterocycles. The molecule has 0 N–H and O–H groups in total. The van der Waals surface area contributed by atoms with Gasteiger partial charge in [0.05, 0.1) is 5.56 Å². The first-order valence-corrected chi connectivity index (χ1v) is 6.82. The van der Waals surface area contributed by atoms with E-state index in [1.54, 1.807) is 30.3 Å². The predicted octanol–water partition coefficient (Wildman–Crippen LogP) is 4.08. The van der Waals surface area contributed by atoms with Crippen molar-refractivity contribution in [2.75, 3.05) is 14.1 Å². The number of aryl methyl sites for hydroxylation is 1. The van der Waals surface area contributed by atoms with Crippen molar-refractivity contribution < 1.29 is 4.79 Å².